The van der Waals surface area contributed by atoms with Crippen molar-refractivity contribution in [1.29, 1.82) is 0 Å². The van der Waals surface area contributed by atoms with Gasteiger partial charge in [-0.3, -0.25) is 0 Å². The van der Waals surface area contributed by atoms with Crippen LogP contribution in [0.1, 0.15) is 9.16 Å². The molecule has 1 unspecified atom stereocenters. The first-order valence-electron chi connectivity index (χ1n) is 9.15. The number of ether oxygens (including phenoxy) is 5. The van der Waals surface area contributed by atoms with E-state index in [9.17, 15) is 0 Å². The molecule has 1 aliphatic heterocycles. The Labute approximate surface area is 172 Å². The van der Waals surface area contributed by atoms with Crippen molar-refractivity contribution in [3.63, 3.8) is 0 Å². The maximum atomic E-state index is 5.85. The Bertz CT molecular complexity index is 459. The van der Waals surface area contributed by atoms with Gasteiger partial charge < -0.3 is 9.47 Å². The Morgan fingerprint density at radius 1 is 0.885 bits per heavy atom. The Morgan fingerprint density at radius 3 is 2.00 bits per heavy atom. The molecular weight excluding hydrogens is 529 g/mol. The van der Waals surface area contributed by atoms with Crippen molar-refractivity contribution in [1.82, 2.24) is 4.90 Å². The van der Waals surface area contributed by atoms with Gasteiger partial charge in [0.2, 0.25) is 0 Å². The van der Waals surface area contributed by atoms with Crippen LogP contribution in [0.5, 0.6) is 0 Å². The van der Waals surface area contributed by atoms with E-state index in [1.54, 1.807) is 7.11 Å². The first kappa shape index (κ1) is 22.2. The van der Waals surface area contributed by atoms with Gasteiger partial charge in [0.1, 0.15) is 0 Å². The molecular formula is C19H30NO5Pb. The number of rotatable bonds is 15. The number of nitrogens with zero attached hydrogens (tertiary/aromatic N) is 1. The van der Waals surface area contributed by atoms with Crippen molar-refractivity contribution < 1.29 is 23.7 Å². The van der Waals surface area contributed by atoms with Gasteiger partial charge in [-0.15, -0.1) is 0 Å². The van der Waals surface area contributed by atoms with Crippen LogP contribution in [-0.4, -0.2) is 110 Å². The summed E-state index contributed by atoms with van der Waals surface area (Å²) in [5.41, 5.74) is 1.42. The molecule has 0 saturated carbocycles. The molecule has 0 bridgehead atoms. The van der Waals surface area contributed by atoms with Crippen molar-refractivity contribution in [2.45, 2.75) is 9.71 Å². The average Bonchev–Trinajstić information content (AvgIpc) is 2.64. The van der Waals surface area contributed by atoms with Crippen LogP contribution in [0.3, 0.4) is 0 Å². The van der Waals surface area contributed by atoms with Crippen LogP contribution in [-0.2, 0) is 23.7 Å². The number of hydrogen-bond donors (Lipinski definition) is 0. The van der Waals surface area contributed by atoms with Gasteiger partial charge in [0, 0.05) is 7.11 Å². The van der Waals surface area contributed by atoms with Crippen LogP contribution in [0.25, 0.3) is 0 Å². The van der Waals surface area contributed by atoms with Crippen LogP contribution in [0.2, 0.25) is 0 Å². The Hall–Kier alpha value is -0.0979. The summed E-state index contributed by atoms with van der Waals surface area (Å²) in [5, 5.41) is 0. The first-order chi connectivity index (χ1) is 12.8. The third-order valence-corrected chi connectivity index (χ3v) is 6.83. The maximum absolute atomic E-state index is 5.85. The summed E-state index contributed by atoms with van der Waals surface area (Å²) in [6, 6.07) is 10.7. The zero-order valence-corrected chi connectivity index (χ0v) is 19.5. The van der Waals surface area contributed by atoms with Crippen molar-refractivity contribution in [2.24, 2.45) is 0 Å². The third kappa shape index (κ3) is 8.73. The Balaban J connectivity index is 1.36. The molecule has 0 aliphatic carbocycles. The van der Waals surface area contributed by atoms with Gasteiger partial charge in [0.25, 0.3) is 0 Å². The predicted octanol–water partition coefficient (Wildman–Crippen LogP) is 1.25. The standard InChI is InChI=1S/C19H30NO5.Pb/c1-21-7-8-22-9-10-23-11-12-24-13-14-25-19-16-20(17-19)15-18-5-3-2-4-6-18;/h2-6,15,19H,7-14,16-17H2,1H3;. The second-order valence-electron chi connectivity index (χ2n) is 6.09. The van der Waals surface area contributed by atoms with E-state index in [1.807, 2.05) is 0 Å². The van der Waals surface area contributed by atoms with Gasteiger partial charge in [-0.1, -0.05) is 0 Å². The zero-order chi connectivity index (χ0) is 18.5. The topological polar surface area (TPSA) is 49.4 Å². The Kier molecular flexibility index (Phi) is 11.9. The molecule has 3 radical (unpaired) electrons. The minimum atomic E-state index is 0.347. The molecule has 0 spiro atoms. The van der Waals surface area contributed by atoms with Gasteiger partial charge in [-0.25, -0.2) is 0 Å². The second kappa shape index (κ2) is 14.0. The summed E-state index contributed by atoms with van der Waals surface area (Å²) in [5.74, 6) is 0. The quantitative estimate of drug-likeness (QED) is 0.238. The van der Waals surface area contributed by atoms with Crippen molar-refractivity contribution in [2.75, 3.05) is 73.1 Å². The molecule has 26 heavy (non-hydrogen) atoms. The van der Waals surface area contributed by atoms with Gasteiger partial charge in [-0.2, -0.15) is 0 Å². The van der Waals surface area contributed by atoms with E-state index < -0.39 is 0 Å². The fourth-order valence-corrected chi connectivity index (χ4v) is 4.16. The first-order valence-corrected chi connectivity index (χ1v) is 11.4. The van der Waals surface area contributed by atoms with Crippen LogP contribution in [0, 0.1) is 0 Å². The number of methoxy groups -OCH3 is 1. The SMILES string of the molecule is COCCOCCOCCOCCOC1CN([CH]([Pb])c2ccccc2)C1. The van der Waals surface area contributed by atoms with Gasteiger partial charge in [-0.05, 0) is 0 Å². The molecule has 0 amide bonds. The van der Waals surface area contributed by atoms with E-state index in [0.717, 1.165) is 38.9 Å². The number of benzene rings is 1. The van der Waals surface area contributed by atoms with Crippen molar-refractivity contribution >= 4 is 25.8 Å². The molecule has 1 saturated heterocycles. The normalized spacial score (nSPS) is 16.5. The van der Waals surface area contributed by atoms with E-state index >= 15 is 0 Å². The van der Waals surface area contributed by atoms with Crippen LogP contribution < -0.4 is 0 Å². The van der Waals surface area contributed by atoms with Crippen LogP contribution in [0.15, 0.2) is 30.3 Å². The van der Waals surface area contributed by atoms with Crippen molar-refractivity contribution in [3.05, 3.63) is 35.9 Å². The van der Waals surface area contributed by atoms with Gasteiger partial charge >= 0.3 is 137 Å². The number of likely N-dealkylation sites (tertiary alicyclic amines) is 1. The fourth-order valence-electron chi connectivity index (χ4n) is 2.59. The molecule has 0 N–H and O–H groups in total. The summed E-state index contributed by atoms with van der Waals surface area (Å²) in [4.78, 5) is 2.50. The molecule has 1 aromatic carbocycles. The molecule has 2 rings (SSSR count). The molecule has 145 valence electrons. The van der Waals surface area contributed by atoms with E-state index in [2.05, 4.69) is 35.2 Å². The summed E-state index contributed by atoms with van der Waals surface area (Å²) < 4.78 is 27.6. The zero-order valence-electron chi connectivity index (χ0n) is 15.6. The molecule has 7 heteroatoms. The molecule has 1 aliphatic rings. The number of hydrogen-bond acceptors (Lipinski definition) is 6. The molecule has 1 aromatic rings. The van der Waals surface area contributed by atoms with Crippen LogP contribution >= 0.6 is 0 Å². The average molecular weight is 560 g/mol. The minimum absolute atomic E-state index is 0.347. The monoisotopic (exact) mass is 560 g/mol. The van der Waals surface area contributed by atoms with E-state index in [1.165, 1.54) is 5.56 Å². The molecule has 1 atom stereocenters. The van der Waals surface area contributed by atoms with E-state index in [0.29, 0.717) is 62.6 Å². The summed E-state index contributed by atoms with van der Waals surface area (Å²) in [6.07, 6.45) is 0.347. The molecule has 1 fully saturated rings. The third-order valence-electron chi connectivity index (χ3n) is 4.11. The molecule has 6 nitrogen and oxygen atoms in total. The van der Waals surface area contributed by atoms with Gasteiger partial charge in [0.05, 0.1) is 19.8 Å². The fraction of sp³-hybridized carbons (Fsp3) is 0.684. The summed E-state index contributed by atoms with van der Waals surface area (Å²) in [7, 11) is 1.66. The summed E-state index contributed by atoms with van der Waals surface area (Å²) in [6.45, 7) is 6.90. The molecule has 1 heterocycles. The van der Waals surface area contributed by atoms with Gasteiger partial charge in [0.15, 0.2) is 0 Å². The van der Waals surface area contributed by atoms with Crippen molar-refractivity contribution in [3.8, 4) is 0 Å². The Morgan fingerprint density at radius 2 is 1.42 bits per heavy atom. The summed E-state index contributed by atoms with van der Waals surface area (Å²) >= 11 is 1.14. The van der Waals surface area contributed by atoms with E-state index in [-0.39, 0.29) is 0 Å². The predicted molar refractivity (Wildman–Crippen MR) is 101 cm³/mol. The van der Waals surface area contributed by atoms with E-state index in [4.69, 9.17) is 23.7 Å². The molecule has 0 aromatic heterocycles. The second-order valence-corrected chi connectivity index (χ2v) is 8.22. The van der Waals surface area contributed by atoms with Crippen LogP contribution in [0.4, 0.5) is 0 Å².